The number of benzene rings is 1. The van der Waals surface area contributed by atoms with Gasteiger partial charge in [-0.15, -0.1) is 0 Å². The minimum Gasteiger partial charge on any atom is -0.394 e. The molecule has 0 unspecified atom stereocenters. The van der Waals surface area contributed by atoms with Gasteiger partial charge in [-0.3, -0.25) is 4.79 Å². The van der Waals surface area contributed by atoms with E-state index >= 15 is 0 Å². The molecule has 102 valence electrons. The second-order valence-corrected chi connectivity index (χ2v) is 4.78. The lowest BCUT2D eigenvalue weighted by molar-refractivity contribution is -0.120. The van der Waals surface area contributed by atoms with E-state index in [0.717, 1.165) is 5.56 Å². The molecular formula is C15H19NO3. The molecule has 0 radical (unpaired) electrons. The second kappa shape index (κ2) is 6.50. The van der Waals surface area contributed by atoms with Crippen molar-refractivity contribution in [3.8, 4) is 0 Å². The summed E-state index contributed by atoms with van der Waals surface area (Å²) in [5, 5.41) is 12.4. The fourth-order valence-corrected chi connectivity index (χ4v) is 2.12. The molecule has 0 atom stereocenters. The first-order valence-corrected chi connectivity index (χ1v) is 6.48. The first-order chi connectivity index (χ1) is 9.24. The summed E-state index contributed by atoms with van der Waals surface area (Å²) in [5.74, 6) is -0.181. The number of aliphatic hydroxyl groups is 1. The first-order valence-electron chi connectivity index (χ1n) is 6.48. The Balaban J connectivity index is 1.95. The number of ether oxygens (including phenoxy) is 1. The van der Waals surface area contributed by atoms with Gasteiger partial charge >= 0.3 is 0 Å². The third kappa shape index (κ3) is 3.91. The topological polar surface area (TPSA) is 58.6 Å². The quantitative estimate of drug-likeness (QED) is 0.805. The lowest BCUT2D eigenvalue weighted by Gasteiger charge is -2.35. The van der Waals surface area contributed by atoms with E-state index in [9.17, 15) is 9.90 Å². The van der Waals surface area contributed by atoms with Crippen LogP contribution in [0.15, 0.2) is 36.4 Å². The Morgan fingerprint density at radius 3 is 2.63 bits per heavy atom. The molecule has 1 fully saturated rings. The fourth-order valence-electron chi connectivity index (χ4n) is 2.12. The molecule has 1 saturated heterocycles. The van der Waals surface area contributed by atoms with Gasteiger partial charge in [0.05, 0.1) is 12.1 Å². The Kier molecular flexibility index (Phi) is 4.71. The standard InChI is InChI=1S/C15H19NO3/c17-12-15(8-10-19-11-9-15)16-14(18)7-6-13-4-2-1-3-5-13/h1-7,17H,8-12H2,(H,16,18)/b7-6+. The highest BCUT2D eigenvalue weighted by atomic mass is 16.5. The van der Waals surface area contributed by atoms with Gasteiger partial charge in [-0.05, 0) is 24.5 Å². The van der Waals surface area contributed by atoms with Crippen LogP contribution in [0.2, 0.25) is 0 Å². The molecule has 2 N–H and O–H groups in total. The summed E-state index contributed by atoms with van der Waals surface area (Å²) in [5.41, 5.74) is 0.443. The van der Waals surface area contributed by atoms with Crippen LogP contribution in [0.5, 0.6) is 0 Å². The van der Waals surface area contributed by atoms with Crippen LogP contribution < -0.4 is 5.32 Å². The predicted molar refractivity (Wildman–Crippen MR) is 73.5 cm³/mol. The Labute approximate surface area is 113 Å². The van der Waals surface area contributed by atoms with Gasteiger partial charge in [-0.1, -0.05) is 30.3 Å². The molecule has 2 rings (SSSR count). The first kappa shape index (κ1) is 13.8. The Hall–Kier alpha value is -1.65. The summed E-state index contributed by atoms with van der Waals surface area (Å²) in [7, 11) is 0. The van der Waals surface area contributed by atoms with Crippen LogP contribution in [-0.2, 0) is 9.53 Å². The van der Waals surface area contributed by atoms with Crippen molar-refractivity contribution in [2.45, 2.75) is 18.4 Å². The summed E-state index contributed by atoms with van der Waals surface area (Å²) in [6.07, 6.45) is 4.56. The fraction of sp³-hybridized carbons (Fsp3) is 0.400. The molecule has 0 aliphatic carbocycles. The largest absolute Gasteiger partial charge is 0.394 e. The van der Waals surface area contributed by atoms with Gasteiger partial charge in [0, 0.05) is 19.3 Å². The maximum atomic E-state index is 11.9. The SMILES string of the molecule is O=C(/C=C/c1ccccc1)NC1(CO)CCOCC1. The Morgan fingerprint density at radius 2 is 2.00 bits per heavy atom. The van der Waals surface area contributed by atoms with Gasteiger partial charge in [0.1, 0.15) is 0 Å². The van der Waals surface area contributed by atoms with E-state index < -0.39 is 5.54 Å². The zero-order chi connectivity index (χ0) is 13.6. The highest BCUT2D eigenvalue weighted by molar-refractivity contribution is 5.92. The highest BCUT2D eigenvalue weighted by Crippen LogP contribution is 2.20. The molecule has 0 saturated carbocycles. The average molecular weight is 261 g/mol. The number of hydrogen-bond acceptors (Lipinski definition) is 3. The van der Waals surface area contributed by atoms with Crippen LogP contribution in [0.4, 0.5) is 0 Å². The van der Waals surface area contributed by atoms with Crippen molar-refractivity contribution in [1.29, 1.82) is 0 Å². The van der Waals surface area contributed by atoms with Crippen molar-refractivity contribution in [2.75, 3.05) is 19.8 Å². The second-order valence-electron chi connectivity index (χ2n) is 4.78. The van der Waals surface area contributed by atoms with E-state index in [4.69, 9.17) is 4.74 Å². The van der Waals surface area contributed by atoms with Crippen molar-refractivity contribution >= 4 is 12.0 Å². The summed E-state index contributed by atoms with van der Waals surface area (Å²) < 4.78 is 5.26. The lowest BCUT2D eigenvalue weighted by Crippen LogP contribution is -2.54. The summed E-state index contributed by atoms with van der Waals surface area (Å²) in [6.45, 7) is 1.09. The van der Waals surface area contributed by atoms with Crippen molar-refractivity contribution in [3.63, 3.8) is 0 Å². The van der Waals surface area contributed by atoms with Crippen LogP contribution in [0.25, 0.3) is 6.08 Å². The number of carbonyl (C=O) groups excluding carboxylic acids is 1. The molecule has 19 heavy (non-hydrogen) atoms. The Morgan fingerprint density at radius 1 is 1.32 bits per heavy atom. The number of aliphatic hydroxyl groups excluding tert-OH is 1. The van der Waals surface area contributed by atoms with Crippen molar-refractivity contribution < 1.29 is 14.6 Å². The van der Waals surface area contributed by atoms with Crippen LogP contribution in [0, 0.1) is 0 Å². The third-order valence-electron chi connectivity index (χ3n) is 3.37. The lowest BCUT2D eigenvalue weighted by atomic mass is 9.91. The van der Waals surface area contributed by atoms with Crippen LogP contribution in [0.3, 0.4) is 0 Å². The molecule has 4 nitrogen and oxygen atoms in total. The number of hydrogen-bond donors (Lipinski definition) is 2. The van der Waals surface area contributed by atoms with Gasteiger partial charge in [0.2, 0.25) is 5.91 Å². The summed E-state index contributed by atoms with van der Waals surface area (Å²) in [4.78, 5) is 11.9. The molecule has 1 aromatic carbocycles. The molecule has 0 spiro atoms. The van der Waals surface area contributed by atoms with E-state index in [2.05, 4.69) is 5.32 Å². The van der Waals surface area contributed by atoms with E-state index in [1.807, 2.05) is 30.3 Å². The molecule has 1 aromatic rings. The van der Waals surface area contributed by atoms with E-state index in [1.165, 1.54) is 6.08 Å². The van der Waals surface area contributed by atoms with E-state index in [1.54, 1.807) is 6.08 Å². The molecule has 0 bridgehead atoms. The average Bonchev–Trinajstić information content (AvgIpc) is 2.47. The minimum atomic E-state index is -0.531. The Bertz CT molecular complexity index is 436. The maximum Gasteiger partial charge on any atom is 0.244 e. The normalized spacial score (nSPS) is 18.4. The number of amides is 1. The highest BCUT2D eigenvalue weighted by Gasteiger charge is 2.32. The summed E-state index contributed by atoms with van der Waals surface area (Å²) >= 11 is 0. The number of rotatable bonds is 4. The van der Waals surface area contributed by atoms with Crippen molar-refractivity contribution in [3.05, 3.63) is 42.0 Å². The predicted octanol–water partition coefficient (Wildman–Crippen LogP) is 1.36. The van der Waals surface area contributed by atoms with Crippen LogP contribution >= 0.6 is 0 Å². The third-order valence-corrected chi connectivity index (χ3v) is 3.37. The molecule has 1 aliphatic rings. The molecule has 1 amide bonds. The van der Waals surface area contributed by atoms with Crippen molar-refractivity contribution in [1.82, 2.24) is 5.32 Å². The zero-order valence-corrected chi connectivity index (χ0v) is 10.8. The van der Waals surface area contributed by atoms with Crippen LogP contribution in [0.1, 0.15) is 18.4 Å². The van der Waals surface area contributed by atoms with Gasteiger partial charge in [0.15, 0.2) is 0 Å². The van der Waals surface area contributed by atoms with Crippen LogP contribution in [-0.4, -0.2) is 36.4 Å². The maximum absolute atomic E-state index is 11.9. The van der Waals surface area contributed by atoms with Gasteiger partial charge in [0.25, 0.3) is 0 Å². The monoisotopic (exact) mass is 261 g/mol. The number of carbonyl (C=O) groups is 1. The molecule has 4 heteroatoms. The molecular weight excluding hydrogens is 242 g/mol. The molecule has 1 aliphatic heterocycles. The number of nitrogens with one attached hydrogen (secondary N) is 1. The smallest absolute Gasteiger partial charge is 0.244 e. The molecule has 0 aromatic heterocycles. The van der Waals surface area contributed by atoms with Gasteiger partial charge in [-0.25, -0.2) is 0 Å². The molecule has 1 heterocycles. The van der Waals surface area contributed by atoms with Gasteiger partial charge in [-0.2, -0.15) is 0 Å². The zero-order valence-electron chi connectivity index (χ0n) is 10.8. The van der Waals surface area contributed by atoms with E-state index in [-0.39, 0.29) is 12.5 Å². The van der Waals surface area contributed by atoms with Gasteiger partial charge < -0.3 is 15.2 Å². The summed E-state index contributed by atoms with van der Waals surface area (Å²) in [6, 6.07) is 9.64. The minimum absolute atomic E-state index is 0.0543. The van der Waals surface area contributed by atoms with Crippen molar-refractivity contribution in [2.24, 2.45) is 0 Å². The van der Waals surface area contributed by atoms with E-state index in [0.29, 0.717) is 26.1 Å².